The fraction of sp³-hybridized carbons (Fsp3) is 0.500. The van der Waals surface area contributed by atoms with E-state index in [4.69, 9.17) is 11.3 Å². The molecule has 1 aliphatic heterocycles. The van der Waals surface area contributed by atoms with Gasteiger partial charge < -0.3 is 4.74 Å². The van der Waals surface area contributed by atoms with Crippen LogP contribution in [0.25, 0.3) is 4.85 Å². The normalized spacial score (nSPS) is 23.4. The lowest BCUT2D eigenvalue weighted by Crippen LogP contribution is -2.37. The smallest absolute Gasteiger partial charge is 0.412 e. The lowest BCUT2D eigenvalue weighted by Gasteiger charge is -2.23. The van der Waals surface area contributed by atoms with Crippen LogP contribution in [0.4, 0.5) is 37.7 Å². The van der Waals surface area contributed by atoms with E-state index in [1.165, 1.54) is 6.92 Å². The molecule has 0 amide bonds. The van der Waals surface area contributed by atoms with Crippen molar-refractivity contribution in [3.8, 4) is 0 Å². The molecule has 0 saturated heterocycles. The van der Waals surface area contributed by atoms with E-state index in [0.717, 1.165) is 12.1 Å². The standard InChI is InChI=1S/C16H14F6N4O/c1-4-27-13(14(2)8-12(25-26-14)16(20,21)22)24-9-5-6-11(23-3)10(7-9)15(17,18)19/h5-7,12H,4,8H2,1-2H3/t12?,14-/m0/s1. The molecule has 1 aromatic carbocycles. The summed E-state index contributed by atoms with van der Waals surface area (Å²) in [6.45, 7) is 9.71. The summed E-state index contributed by atoms with van der Waals surface area (Å²) in [6.07, 6.45) is -9.95. The predicted octanol–water partition coefficient (Wildman–Crippen LogP) is 5.87. The van der Waals surface area contributed by atoms with E-state index in [2.05, 4.69) is 20.1 Å². The summed E-state index contributed by atoms with van der Waals surface area (Å²) in [5.74, 6) is -0.274. The zero-order valence-electron chi connectivity index (χ0n) is 14.2. The lowest BCUT2D eigenvalue weighted by atomic mass is 9.95. The number of ether oxygens (including phenoxy) is 1. The highest BCUT2D eigenvalue weighted by Gasteiger charge is 2.51. The first kappa shape index (κ1) is 20.7. The van der Waals surface area contributed by atoms with Gasteiger partial charge in [-0.2, -0.15) is 36.6 Å². The van der Waals surface area contributed by atoms with Crippen molar-refractivity contribution >= 4 is 17.3 Å². The molecular formula is C16H14F6N4O. The number of halogens is 6. The first-order valence-corrected chi connectivity index (χ1v) is 7.70. The zero-order chi connectivity index (χ0) is 20.5. The number of benzene rings is 1. The second-order valence-corrected chi connectivity index (χ2v) is 5.91. The third kappa shape index (κ3) is 4.56. The molecular weight excluding hydrogens is 378 g/mol. The largest absolute Gasteiger partial charge is 0.479 e. The number of hydrogen-bond acceptors (Lipinski definition) is 4. The van der Waals surface area contributed by atoms with Gasteiger partial charge in [0.15, 0.2) is 17.3 Å². The Kier molecular flexibility index (Phi) is 5.49. The summed E-state index contributed by atoms with van der Waals surface area (Å²) in [5, 5.41) is 6.82. The Bertz CT molecular complexity index is 809. The van der Waals surface area contributed by atoms with Crippen molar-refractivity contribution in [3.05, 3.63) is 35.2 Å². The molecule has 1 unspecified atom stereocenters. The minimum atomic E-state index is -4.78. The van der Waals surface area contributed by atoms with Crippen LogP contribution in [0.2, 0.25) is 0 Å². The Morgan fingerprint density at radius 2 is 2.00 bits per heavy atom. The van der Waals surface area contributed by atoms with Crippen LogP contribution in [0.1, 0.15) is 25.8 Å². The Balaban J connectivity index is 2.45. The maximum atomic E-state index is 13.1. The summed E-state index contributed by atoms with van der Waals surface area (Å²) in [4.78, 5) is 6.75. The first-order chi connectivity index (χ1) is 12.4. The van der Waals surface area contributed by atoms with Crippen molar-refractivity contribution in [3.63, 3.8) is 0 Å². The highest BCUT2D eigenvalue weighted by molar-refractivity contribution is 5.89. The maximum Gasteiger partial charge on any atom is 0.412 e. The van der Waals surface area contributed by atoms with Gasteiger partial charge in [0, 0.05) is 6.42 Å². The zero-order valence-corrected chi connectivity index (χ0v) is 14.2. The van der Waals surface area contributed by atoms with Gasteiger partial charge in [0.25, 0.3) is 0 Å². The first-order valence-electron chi connectivity index (χ1n) is 7.70. The molecule has 0 aromatic heterocycles. The van der Waals surface area contributed by atoms with Crippen LogP contribution in [-0.2, 0) is 10.9 Å². The number of rotatable bonds is 3. The molecule has 2 atom stereocenters. The summed E-state index contributed by atoms with van der Waals surface area (Å²) >= 11 is 0. The summed E-state index contributed by atoms with van der Waals surface area (Å²) in [6, 6.07) is 0.694. The summed E-state index contributed by atoms with van der Waals surface area (Å²) < 4.78 is 83.1. The van der Waals surface area contributed by atoms with Crippen LogP contribution in [0.3, 0.4) is 0 Å². The van der Waals surface area contributed by atoms with E-state index in [9.17, 15) is 26.3 Å². The van der Waals surface area contributed by atoms with Gasteiger partial charge in [0.05, 0.1) is 24.4 Å². The molecule has 0 N–H and O–H groups in total. The quantitative estimate of drug-likeness (QED) is 0.275. The van der Waals surface area contributed by atoms with E-state index in [0.29, 0.717) is 6.07 Å². The molecule has 0 aliphatic carbocycles. The van der Waals surface area contributed by atoms with Gasteiger partial charge in [-0.05, 0) is 26.0 Å². The molecule has 146 valence electrons. The SMILES string of the molecule is [C-]#[N+]c1ccc(N=C(OCC)[C@]2(C)CC(C(F)(F)F)N=N2)cc1C(F)(F)F. The minimum absolute atomic E-state index is 0.0207. The van der Waals surface area contributed by atoms with Gasteiger partial charge in [-0.25, -0.2) is 9.84 Å². The predicted molar refractivity (Wildman–Crippen MR) is 84.1 cm³/mol. The second kappa shape index (κ2) is 7.17. The van der Waals surface area contributed by atoms with Gasteiger partial charge in [-0.3, -0.25) is 0 Å². The van der Waals surface area contributed by atoms with E-state index in [1.807, 2.05) is 0 Å². The van der Waals surface area contributed by atoms with E-state index in [-0.39, 0.29) is 18.2 Å². The topological polar surface area (TPSA) is 50.7 Å². The highest BCUT2D eigenvalue weighted by Crippen LogP contribution is 2.40. The van der Waals surface area contributed by atoms with E-state index < -0.39 is 41.6 Å². The van der Waals surface area contributed by atoms with Crippen molar-refractivity contribution < 1.29 is 31.1 Å². The number of alkyl halides is 6. The van der Waals surface area contributed by atoms with E-state index in [1.54, 1.807) is 6.92 Å². The van der Waals surface area contributed by atoms with Crippen LogP contribution in [0, 0.1) is 6.57 Å². The molecule has 0 fully saturated rings. The summed E-state index contributed by atoms with van der Waals surface area (Å²) in [7, 11) is 0. The van der Waals surface area contributed by atoms with Crippen molar-refractivity contribution in [1.29, 1.82) is 0 Å². The van der Waals surface area contributed by atoms with Crippen LogP contribution in [-0.4, -0.2) is 30.3 Å². The molecule has 0 bridgehead atoms. The Morgan fingerprint density at radius 1 is 1.33 bits per heavy atom. The van der Waals surface area contributed by atoms with Gasteiger partial charge >= 0.3 is 12.4 Å². The fourth-order valence-corrected chi connectivity index (χ4v) is 2.45. The van der Waals surface area contributed by atoms with Crippen LogP contribution >= 0.6 is 0 Å². The van der Waals surface area contributed by atoms with Crippen LogP contribution < -0.4 is 0 Å². The van der Waals surface area contributed by atoms with Crippen LogP contribution in [0.15, 0.2) is 33.4 Å². The third-order valence-corrected chi connectivity index (χ3v) is 3.76. The van der Waals surface area contributed by atoms with Crippen molar-refractivity contribution in [1.82, 2.24) is 0 Å². The van der Waals surface area contributed by atoms with Gasteiger partial charge in [-0.1, -0.05) is 6.07 Å². The van der Waals surface area contributed by atoms with Crippen molar-refractivity contribution in [2.45, 2.75) is 44.2 Å². The molecule has 1 aromatic rings. The second-order valence-electron chi connectivity index (χ2n) is 5.91. The molecule has 0 saturated carbocycles. The molecule has 11 heteroatoms. The lowest BCUT2D eigenvalue weighted by molar-refractivity contribution is -0.147. The molecule has 2 rings (SSSR count). The number of aliphatic imine (C=N–C) groups is 1. The van der Waals surface area contributed by atoms with Gasteiger partial charge in [-0.15, -0.1) is 0 Å². The fourth-order valence-electron chi connectivity index (χ4n) is 2.45. The van der Waals surface area contributed by atoms with Gasteiger partial charge in [0.1, 0.15) is 0 Å². The molecule has 27 heavy (non-hydrogen) atoms. The summed E-state index contributed by atoms with van der Waals surface area (Å²) in [5.41, 5.74) is -3.58. The molecule has 5 nitrogen and oxygen atoms in total. The number of hydrogen-bond donors (Lipinski definition) is 0. The van der Waals surface area contributed by atoms with Gasteiger partial charge in [0.2, 0.25) is 5.90 Å². The minimum Gasteiger partial charge on any atom is -0.479 e. The van der Waals surface area contributed by atoms with Crippen molar-refractivity contribution in [2.24, 2.45) is 15.2 Å². The Morgan fingerprint density at radius 3 is 2.48 bits per heavy atom. The maximum absolute atomic E-state index is 13.1. The molecule has 1 aliphatic rings. The molecule has 0 radical (unpaired) electrons. The monoisotopic (exact) mass is 392 g/mol. The average Bonchev–Trinajstić information content (AvgIpc) is 2.97. The molecule has 0 spiro atoms. The molecule has 1 heterocycles. The third-order valence-electron chi connectivity index (χ3n) is 3.76. The van der Waals surface area contributed by atoms with Crippen molar-refractivity contribution in [2.75, 3.05) is 6.61 Å². The number of azo groups is 1. The van der Waals surface area contributed by atoms with Crippen LogP contribution in [0.5, 0.6) is 0 Å². The highest BCUT2D eigenvalue weighted by atomic mass is 19.4. The van der Waals surface area contributed by atoms with E-state index >= 15 is 0 Å². The Hall–Kier alpha value is -2.64. The average molecular weight is 392 g/mol. The number of nitrogens with zero attached hydrogens (tertiary/aromatic N) is 4. The Labute approximate surface area is 150 Å².